The van der Waals surface area contributed by atoms with Gasteiger partial charge in [0.1, 0.15) is 5.66 Å². The van der Waals surface area contributed by atoms with E-state index in [0.29, 0.717) is 0 Å². The van der Waals surface area contributed by atoms with E-state index in [4.69, 9.17) is 17.2 Å². The fourth-order valence-electron chi connectivity index (χ4n) is 1.31. The summed E-state index contributed by atoms with van der Waals surface area (Å²) in [5, 5.41) is 0. The Balaban J connectivity index is 3.24. The Morgan fingerprint density at radius 1 is 1.19 bits per heavy atom. The van der Waals surface area contributed by atoms with Gasteiger partial charge in [0.15, 0.2) is 5.78 Å². The van der Waals surface area contributed by atoms with E-state index in [1.807, 2.05) is 0 Å². The van der Waals surface area contributed by atoms with Crippen molar-refractivity contribution in [3.05, 3.63) is 35.4 Å². The third-order valence-electron chi connectivity index (χ3n) is 2.44. The molecule has 0 aliphatic rings. The molecule has 5 heteroatoms. The molecule has 0 unspecified atom stereocenters. The predicted octanol–water partition coefficient (Wildman–Crippen LogP) is -0.00810. The zero-order valence-electron chi connectivity index (χ0n) is 9.07. The molecule has 0 bridgehead atoms. The van der Waals surface area contributed by atoms with Crippen LogP contribution in [-0.2, 0) is 0 Å². The number of carbonyl (C=O) groups is 2. The number of Topliss-reactive ketones (excluding diaryl/α,β-unsaturated/α-hetero) is 1. The number of hydrogen-bond donors (Lipinski definition) is 3. The van der Waals surface area contributed by atoms with Crippen LogP contribution in [0.25, 0.3) is 0 Å². The van der Waals surface area contributed by atoms with Gasteiger partial charge in [0, 0.05) is 5.56 Å². The van der Waals surface area contributed by atoms with E-state index in [2.05, 4.69) is 0 Å². The molecule has 1 aromatic carbocycles. The first kappa shape index (κ1) is 12.4. The topological polar surface area (TPSA) is 112 Å². The van der Waals surface area contributed by atoms with Gasteiger partial charge in [-0.3, -0.25) is 9.59 Å². The minimum atomic E-state index is -1.47. The van der Waals surface area contributed by atoms with Gasteiger partial charge in [0.25, 0.3) is 0 Å². The molecular formula is C11H15N3O2. The third-order valence-corrected chi connectivity index (χ3v) is 2.44. The van der Waals surface area contributed by atoms with Crippen molar-refractivity contribution >= 4 is 11.7 Å². The SMILES string of the molecule is CCC(N)(N)C(=O)c1ccccc1C(N)=O. The lowest BCUT2D eigenvalue weighted by Gasteiger charge is -2.21. The first-order chi connectivity index (χ1) is 7.40. The molecule has 0 spiro atoms. The van der Waals surface area contributed by atoms with Gasteiger partial charge in [-0.1, -0.05) is 25.1 Å². The zero-order valence-corrected chi connectivity index (χ0v) is 9.07. The van der Waals surface area contributed by atoms with Crippen LogP contribution in [0.4, 0.5) is 0 Å². The second-order valence-corrected chi connectivity index (χ2v) is 3.63. The predicted molar refractivity (Wildman–Crippen MR) is 60.7 cm³/mol. The Morgan fingerprint density at radius 3 is 2.12 bits per heavy atom. The molecule has 0 saturated heterocycles. The van der Waals surface area contributed by atoms with Crippen LogP contribution in [0.5, 0.6) is 0 Å². The van der Waals surface area contributed by atoms with Gasteiger partial charge in [-0.25, -0.2) is 0 Å². The molecular weight excluding hydrogens is 206 g/mol. The number of benzene rings is 1. The fourth-order valence-corrected chi connectivity index (χ4v) is 1.31. The molecule has 5 nitrogen and oxygen atoms in total. The molecule has 0 aliphatic carbocycles. The highest BCUT2D eigenvalue weighted by Gasteiger charge is 2.30. The van der Waals surface area contributed by atoms with Crippen molar-refractivity contribution in [2.75, 3.05) is 0 Å². The summed E-state index contributed by atoms with van der Waals surface area (Å²) in [6, 6.07) is 6.22. The van der Waals surface area contributed by atoms with Crippen molar-refractivity contribution in [2.45, 2.75) is 19.0 Å². The van der Waals surface area contributed by atoms with E-state index in [9.17, 15) is 9.59 Å². The van der Waals surface area contributed by atoms with Gasteiger partial charge in [-0.15, -0.1) is 0 Å². The van der Waals surface area contributed by atoms with Gasteiger partial charge in [-0.05, 0) is 12.5 Å². The Bertz CT molecular complexity index is 427. The lowest BCUT2D eigenvalue weighted by molar-refractivity contribution is 0.0879. The van der Waals surface area contributed by atoms with E-state index in [0.717, 1.165) is 0 Å². The van der Waals surface area contributed by atoms with Crippen molar-refractivity contribution in [3.8, 4) is 0 Å². The minimum Gasteiger partial charge on any atom is -0.366 e. The number of primary amides is 1. The van der Waals surface area contributed by atoms with E-state index < -0.39 is 17.4 Å². The lowest BCUT2D eigenvalue weighted by Crippen LogP contribution is -2.56. The average Bonchev–Trinajstić information content (AvgIpc) is 2.28. The van der Waals surface area contributed by atoms with Crippen LogP contribution in [0.15, 0.2) is 24.3 Å². The molecule has 16 heavy (non-hydrogen) atoms. The quantitative estimate of drug-likeness (QED) is 0.490. The summed E-state index contributed by atoms with van der Waals surface area (Å²) in [4.78, 5) is 23.1. The van der Waals surface area contributed by atoms with Crippen LogP contribution < -0.4 is 17.2 Å². The van der Waals surface area contributed by atoms with Crippen LogP contribution in [0.2, 0.25) is 0 Å². The second-order valence-electron chi connectivity index (χ2n) is 3.63. The number of rotatable bonds is 4. The Kier molecular flexibility index (Phi) is 3.41. The average molecular weight is 221 g/mol. The van der Waals surface area contributed by atoms with Crippen molar-refractivity contribution in [3.63, 3.8) is 0 Å². The lowest BCUT2D eigenvalue weighted by atomic mass is 9.93. The largest absolute Gasteiger partial charge is 0.366 e. The molecule has 0 radical (unpaired) electrons. The van der Waals surface area contributed by atoms with Crippen molar-refractivity contribution in [1.29, 1.82) is 0 Å². The highest BCUT2D eigenvalue weighted by molar-refractivity contribution is 6.10. The van der Waals surface area contributed by atoms with Crippen molar-refractivity contribution in [2.24, 2.45) is 17.2 Å². The number of hydrogen-bond acceptors (Lipinski definition) is 4. The molecule has 1 rings (SSSR count). The second kappa shape index (κ2) is 4.42. The highest BCUT2D eigenvalue weighted by Crippen LogP contribution is 2.14. The van der Waals surface area contributed by atoms with Crippen LogP contribution >= 0.6 is 0 Å². The minimum absolute atomic E-state index is 0.140. The highest BCUT2D eigenvalue weighted by atomic mass is 16.1. The zero-order chi connectivity index (χ0) is 12.3. The van der Waals surface area contributed by atoms with E-state index >= 15 is 0 Å². The standard InChI is InChI=1S/C11H15N3O2/c1-2-11(13,14)9(15)7-5-3-4-6-8(7)10(12)16/h3-6H,2,13-14H2,1H3,(H2,12,16). The van der Waals surface area contributed by atoms with E-state index in [-0.39, 0.29) is 17.5 Å². The van der Waals surface area contributed by atoms with Gasteiger partial charge >= 0.3 is 0 Å². The maximum atomic E-state index is 12.0. The van der Waals surface area contributed by atoms with Gasteiger partial charge in [-0.2, -0.15) is 0 Å². The molecule has 0 fully saturated rings. The Morgan fingerprint density at radius 2 is 1.69 bits per heavy atom. The van der Waals surface area contributed by atoms with E-state index in [1.54, 1.807) is 19.1 Å². The Hall–Kier alpha value is -1.72. The summed E-state index contributed by atoms with van der Waals surface area (Å²) >= 11 is 0. The number of amides is 1. The smallest absolute Gasteiger partial charge is 0.249 e. The van der Waals surface area contributed by atoms with Crippen molar-refractivity contribution in [1.82, 2.24) is 0 Å². The van der Waals surface area contributed by atoms with Gasteiger partial charge in [0.05, 0.1) is 5.56 Å². The summed E-state index contributed by atoms with van der Waals surface area (Å²) < 4.78 is 0. The molecule has 0 aromatic heterocycles. The van der Waals surface area contributed by atoms with Crippen LogP contribution in [-0.4, -0.2) is 17.4 Å². The molecule has 0 aliphatic heterocycles. The van der Waals surface area contributed by atoms with E-state index in [1.165, 1.54) is 12.1 Å². The van der Waals surface area contributed by atoms with Crippen molar-refractivity contribution < 1.29 is 9.59 Å². The molecule has 1 aromatic rings. The first-order valence-corrected chi connectivity index (χ1v) is 4.91. The molecule has 0 atom stereocenters. The maximum absolute atomic E-state index is 12.0. The first-order valence-electron chi connectivity index (χ1n) is 4.91. The maximum Gasteiger partial charge on any atom is 0.249 e. The summed E-state index contributed by atoms with van der Waals surface area (Å²) in [7, 11) is 0. The van der Waals surface area contributed by atoms with Gasteiger partial charge < -0.3 is 17.2 Å². The monoisotopic (exact) mass is 221 g/mol. The number of nitrogens with two attached hydrogens (primary N) is 3. The fraction of sp³-hybridized carbons (Fsp3) is 0.273. The molecule has 1 amide bonds. The van der Waals surface area contributed by atoms with Crippen LogP contribution in [0, 0.1) is 0 Å². The normalized spacial score (nSPS) is 11.2. The van der Waals surface area contributed by atoms with Gasteiger partial charge in [0.2, 0.25) is 5.91 Å². The summed E-state index contributed by atoms with van der Waals surface area (Å²) in [5.41, 5.74) is 15.3. The van der Waals surface area contributed by atoms with Crippen LogP contribution in [0.3, 0.4) is 0 Å². The summed E-state index contributed by atoms with van der Waals surface area (Å²) in [5.74, 6) is -1.15. The summed E-state index contributed by atoms with van der Waals surface area (Å²) in [6.45, 7) is 1.70. The molecule has 86 valence electrons. The number of carbonyl (C=O) groups excluding carboxylic acids is 2. The molecule has 0 saturated carbocycles. The molecule has 6 N–H and O–H groups in total. The third kappa shape index (κ3) is 2.26. The number of ketones is 1. The van der Waals surface area contributed by atoms with Crippen LogP contribution in [0.1, 0.15) is 34.1 Å². The molecule has 0 heterocycles. The Labute approximate surface area is 93.6 Å². The summed E-state index contributed by atoms with van der Waals surface area (Å²) in [6.07, 6.45) is 0.277.